The first-order valence-corrected chi connectivity index (χ1v) is 8.07. The number of hydrogen-bond donors (Lipinski definition) is 2. The number of anilines is 1. The zero-order valence-corrected chi connectivity index (χ0v) is 13.8. The van der Waals surface area contributed by atoms with E-state index >= 15 is 0 Å². The van der Waals surface area contributed by atoms with Crippen LogP contribution < -0.4 is 11.2 Å². The third-order valence-corrected chi connectivity index (χ3v) is 4.24. The van der Waals surface area contributed by atoms with Gasteiger partial charge in [-0.2, -0.15) is 0 Å². The number of nitrogens with two attached hydrogens (primary N) is 1. The summed E-state index contributed by atoms with van der Waals surface area (Å²) >= 11 is 1.03. The molecule has 25 heavy (non-hydrogen) atoms. The molecule has 2 heterocycles. The predicted octanol–water partition coefficient (Wildman–Crippen LogP) is 2.57. The van der Waals surface area contributed by atoms with Crippen LogP contribution in [0.5, 0.6) is 0 Å². The minimum absolute atomic E-state index is 0.0729. The fraction of sp³-hybridized carbons (Fsp3) is 0.133. The molecule has 3 N–H and O–H groups in total. The average Bonchev–Trinajstić information content (AvgIpc) is 3.14. The second-order valence-electron chi connectivity index (χ2n) is 5.03. The summed E-state index contributed by atoms with van der Waals surface area (Å²) in [5.74, 6) is 4.85. The molecule has 7 nitrogen and oxygen atoms in total. The van der Waals surface area contributed by atoms with E-state index in [2.05, 4.69) is 15.5 Å². The summed E-state index contributed by atoms with van der Waals surface area (Å²) in [6.45, 7) is 1.77. The van der Waals surface area contributed by atoms with E-state index in [-0.39, 0.29) is 11.4 Å². The topological polar surface area (TPSA) is 99.0 Å². The molecule has 1 aromatic carbocycles. The van der Waals surface area contributed by atoms with E-state index < -0.39 is 17.5 Å². The van der Waals surface area contributed by atoms with Crippen LogP contribution in [0.4, 0.5) is 14.5 Å². The first kappa shape index (κ1) is 17.0. The standard InChI is InChI=1S/C15H13F2N5O2S/c1-8-10(4-5-24-8)14-20-21-15(22(14)18)25-7-13(23)19-12-3-2-9(16)6-11(12)17/h2-6H,7,18H2,1H3,(H,19,23). The molecule has 0 aliphatic heterocycles. The van der Waals surface area contributed by atoms with Crippen LogP contribution in [0.3, 0.4) is 0 Å². The lowest BCUT2D eigenvalue weighted by Crippen LogP contribution is -2.17. The van der Waals surface area contributed by atoms with Crippen LogP contribution in [0, 0.1) is 18.6 Å². The quantitative estimate of drug-likeness (QED) is 0.533. The third kappa shape index (κ3) is 3.63. The molecule has 3 rings (SSSR count). The van der Waals surface area contributed by atoms with Crippen molar-refractivity contribution in [2.75, 3.05) is 16.9 Å². The highest BCUT2D eigenvalue weighted by Gasteiger charge is 2.17. The molecule has 3 aromatic rings. The van der Waals surface area contributed by atoms with E-state index in [9.17, 15) is 13.6 Å². The number of carbonyl (C=O) groups is 1. The third-order valence-electron chi connectivity index (χ3n) is 3.30. The maximum atomic E-state index is 13.5. The first-order chi connectivity index (χ1) is 12.0. The van der Waals surface area contributed by atoms with Crippen LogP contribution in [0.25, 0.3) is 11.4 Å². The van der Waals surface area contributed by atoms with E-state index in [0.29, 0.717) is 28.4 Å². The molecule has 0 atom stereocenters. The maximum absolute atomic E-state index is 13.5. The number of nitrogens with one attached hydrogen (secondary N) is 1. The van der Waals surface area contributed by atoms with Gasteiger partial charge < -0.3 is 15.6 Å². The van der Waals surface area contributed by atoms with Crippen molar-refractivity contribution in [3.05, 3.63) is 47.9 Å². The summed E-state index contributed by atoms with van der Waals surface area (Å²) in [4.78, 5) is 11.9. The molecule has 0 radical (unpaired) electrons. The van der Waals surface area contributed by atoms with Gasteiger partial charge in [0, 0.05) is 6.07 Å². The Morgan fingerprint density at radius 2 is 2.16 bits per heavy atom. The van der Waals surface area contributed by atoms with Crippen molar-refractivity contribution in [2.24, 2.45) is 0 Å². The number of nitrogen functional groups attached to an aromatic ring is 1. The molecular weight excluding hydrogens is 352 g/mol. The monoisotopic (exact) mass is 365 g/mol. The number of thioether (sulfide) groups is 1. The zero-order chi connectivity index (χ0) is 18.0. The molecule has 0 bridgehead atoms. The lowest BCUT2D eigenvalue weighted by Gasteiger charge is -2.06. The SMILES string of the molecule is Cc1occc1-c1nnc(SCC(=O)Nc2ccc(F)cc2F)n1N. The summed E-state index contributed by atoms with van der Waals surface area (Å²) in [6, 6.07) is 4.61. The van der Waals surface area contributed by atoms with Gasteiger partial charge in [-0.05, 0) is 25.1 Å². The van der Waals surface area contributed by atoms with Gasteiger partial charge in [0.05, 0.1) is 23.3 Å². The Morgan fingerprint density at radius 3 is 2.84 bits per heavy atom. The Balaban J connectivity index is 1.65. The average molecular weight is 365 g/mol. The van der Waals surface area contributed by atoms with Gasteiger partial charge in [-0.3, -0.25) is 4.79 Å². The highest BCUT2D eigenvalue weighted by atomic mass is 32.2. The smallest absolute Gasteiger partial charge is 0.234 e. The maximum Gasteiger partial charge on any atom is 0.234 e. The molecule has 0 spiro atoms. The Labute approximate surface area is 145 Å². The minimum Gasteiger partial charge on any atom is -0.469 e. The van der Waals surface area contributed by atoms with Crippen molar-refractivity contribution < 1.29 is 18.0 Å². The summed E-state index contributed by atoms with van der Waals surface area (Å²) < 4.78 is 32.8. The molecule has 0 saturated carbocycles. The van der Waals surface area contributed by atoms with Crippen molar-refractivity contribution in [3.8, 4) is 11.4 Å². The lowest BCUT2D eigenvalue weighted by atomic mass is 10.2. The van der Waals surface area contributed by atoms with E-state index in [1.807, 2.05) is 0 Å². The van der Waals surface area contributed by atoms with Crippen LogP contribution >= 0.6 is 11.8 Å². The number of benzene rings is 1. The highest BCUT2D eigenvalue weighted by Crippen LogP contribution is 2.25. The number of hydrogen-bond acceptors (Lipinski definition) is 6. The van der Waals surface area contributed by atoms with Gasteiger partial charge in [-0.25, -0.2) is 13.5 Å². The van der Waals surface area contributed by atoms with Gasteiger partial charge in [0.2, 0.25) is 11.1 Å². The van der Waals surface area contributed by atoms with Gasteiger partial charge in [-0.1, -0.05) is 11.8 Å². The largest absolute Gasteiger partial charge is 0.469 e. The molecule has 10 heteroatoms. The zero-order valence-electron chi connectivity index (χ0n) is 13.0. The molecule has 1 amide bonds. The molecule has 2 aromatic heterocycles. The number of aromatic nitrogens is 3. The molecule has 0 saturated heterocycles. The molecule has 0 unspecified atom stereocenters. The van der Waals surface area contributed by atoms with Crippen molar-refractivity contribution in [3.63, 3.8) is 0 Å². The van der Waals surface area contributed by atoms with Crippen LogP contribution in [0.1, 0.15) is 5.76 Å². The second kappa shape index (κ2) is 6.93. The fourth-order valence-electron chi connectivity index (χ4n) is 2.08. The summed E-state index contributed by atoms with van der Waals surface area (Å²) in [6.07, 6.45) is 1.51. The van der Waals surface area contributed by atoms with E-state index in [1.165, 1.54) is 10.9 Å². The lowest BCUT2D eigenvalue weighted by molar-refractivity contribution is -0.113. The number of nitrogens with zero attached hydrogens (tertiary/aromatic N) is 3. The number of carbonyl (C=O) groups excluding carboxylic acids is 1. The summed E-state index contributed by atoms with van der Waals surface area (Å²) in [7, 11) is 0. The molecule has 0 fully saturated rings. The second-order valence-corrected chi connectivity index (χ2v) is 5.97. The molecule has 0 aliphatic carbocycles. The van der Waals surface area contributed by atoms with Gasteiger partial charge in [-0.15, -0.1) is 10.2 Å². The molecular formula is C15H13F2N5O2S. The number of amides is 1. The van der Waals surface area contributed by atoms with Crippen LogP contribution in [-0.2, 0) is 4.79 Å². The number of rotatable bonds is 5. The Kier molecular flexibility index (Phi) is 4.70. The first-order valence-electron chi connectivity index (χ1n) is 7.08. The Hall–Kier alpha value is -2.88. The van der Waals surface area contributed by atoms with E-state index in [1.54, 1.807) is 13.0 Å². The van der Waals surface area contributed by atoms with Gasteiger partial charge >= 0.3 is 0 Å². The van der Waals surface area contributed by atoms with Crippen LogP contribution in [-0.4, -0.2) is 26.5 Å². The number of furan rings is 1. The number of aryl methyl sites for hydroxylation is 1. The summed E-state index contributed by atoms with van der Waals surface area (Å²) in [5.41, 5.74) is 0.593. The summed E-state index contributed by atoms with van der Waals surface area (Å²) in [5, 5.41) is 10.6. The van der Waals surface area contributed by atoms with Crippen molar-refractivity contribution in [1.82, 2.24) is 14.9 Å². The fourth-order valence-corrected chi connectivity index (χ4v) is 2.74. The highest BCUT2D eigenvalue weighted by molar-refractivity contribution is 7.99. The molecule has 0 aliphatic rings. The normalized spacial score (nSPS) is 10.8. The molecule has 130 valence electrons. The Morgan fingerprint density at radius 1 is 1.36 bits per heavy atom. The number of halogens is 2. The minimum atomic E-state index is -0.849. The van der Waals surface area contributed by atoms with Crippen molar-refractivity contribution in [1.29, 1.82) is 0 Å². The van der Waals surface area contributed by atoms with Crippen LogP contribution in [0.2, 0.25) is 0 Å². The Bertz CT molecular complexity index is 925. The van der Waals surface area contributed by atoms with Crippen LogP contribution in [0.15, 0.2) is 40.1 Å². The van der Waals surface area contributed by atoms with E-state index in [4.69, 9.17) is 10.3 Å². The van der Waals surface area contributed by atoms with Crippen molar-refractivity contribution in [2.45, 2.75) is 12.1 Å². The van der Waals surface area contributed by atoms with E-state index in [0.717, 1.165) is 23.9 Å². The van der Waals surface area contributed by atoms with Gasteiger partial charge in [0.15, 0.2) is 5.82 Å². The predicted molar refractivity (Wildman–Crippen MR) is 88.3 cm³/mol. The van der Waals surface area contributed by atoms with Gasteiger partial charge in [0.25, 0.3) is 0 Å². The van der Waals surface area contributed by atoms with Crippen molar-refractivity contribution >= 4 is 23.4 Å². The van der Waals surface area contributed by atoms with Gasteiger partial charge in [0.1, 0.15) is 17.4 Å².